The molecule has 19 heavy (non-hydrogen) atoms. The maximum absolute atomic E-state index is 9.79. The minimum atomic E-state index is -0.226. The molecule has 0 amide bonds. The molecule has 2 heterocycles. The maximum atomic E-state index is 9.79. The average molecular weight is 261 g/mol. The number of furan rings is 1. The van der Waals surface area contributed by atoms with E-state index in [0.717, 1.165) is 16.5 Å². The molecule has 1 aromatic heterocycles. The van der Waals surface area contributed by atoms with Crippen molar-refractivity contribution in [2.75, 3.05) is 33.9 Å². The van der Waals surface area contributed by atoms with Gasteiger partial charge in [0.2, 0.25) is 0 Å². The first-order valence-electron chi connectivity index (χ1n) is 6.49. The van der Waals surface area contributed by atoms with Gasteiger partial charge in [0.1, 0.15) is 5.58 Å². The van der Waals surface area contributed by atoms with E-state index >= 15 is 0 Å². The molecule has 4 heteroatoms. The molecule has 1 aliphatic rings. The second-order valence-corrected chi connectivity index (χ2v) is 5.57. The molecule has 0 radical (unpaired) electrons. The zero-order chi connectivity index (χ0) is 13.5. The van der Waals surface area contributed by atoms with Gasteiger partial charge >= 0.3 is 0 Å². The van der Waals surface area contributed by atoms with Crippen molar-refractivity contribution < 1.29 is 14.3 Å². The predicted octanol–water partition coefficient (Wildman–Crippen LogP) is 2.04. The van der Waals surface area contributed by atoms with Crippen molar-refractivity contribution in [3.8, 4) is 0 Å². The number of hydrogen-bond acceptors (Lipinski definition) is 4. The molecule has 1 aliphatic heterocycles. The van der Waals surface area contributed by atoms with Gasteiger partial charge in [-0.15, -0.1) is 0 Å². The lowest BCUT2D eigenvalue weighted by Crippen LogP contribution is -2.53. The molecule has 1 saturated heterocycles. The van der Waals surface area contributed by atoms with Crippen LogP contribution in [0, 0.1) is 5.41 Å². The largest absolute Gasteiger partial charge is 0.464 e. The van der Waals surface area contributed by atoms with Gasteiger partial charge in [0.15, 0.2) is 0 Å². The Labute approximate surface area is 112 Å². The molecule has 102 valence electrons. The van der Waals surface area contributed by atoms with Crippen LogP contribution in [0.15, 0.2) is 34.9 Å². The molecule has 1 fully saturated rings. The van der Waals surface area contributed by atoms with Crippen LogP contribution in [0.2, 0.25) is 0 Å². The smallest absolute Gasteiger partial charge is 0.134 e. The molecule has 0 aliphatic carbocycles. The summed E-state index contributed by atoms with van der Waals surface area (Å²) in [7, 11) is 4.06. The van der Waals surface area contributed by atoms with E-state index in [9.17, 15) is 5.11 Å². The molecular weight excluding hydrogens is 242 g/mol. The SMILES string of the molecule is CN(C)C(c1coc2ccccc12)C1(CO)COC1. The number of fused-ring (bicyclic) bond motifs is 1. The lowest BCUT2D eigenvalue weighted by atomic mass is 9.75. The van der Waals surface area contributed by atoms with Gasteiger partial charge in [-0.25, -0.2) is 0 Å². The Kier molecular flexibility index (Phi) is 3.09. The number of para-hydroxylation sites is 1. The number of hydrogen-bond donors (Lipinski definition) is 1. The highest BCUT2D eigenvalue weighted by Gasteiger charge is 2.48. The van der Waals surface area contributed by atoms with Gasteiger partial charge in [0.25, 0.3) is 0 Å². The molecule has 0 bridgehead atoms. The van der Waals surface area contributed by atoms with E-state index in [0.29, 0.717) is 13.2 Å². The standard InChI is InChI=1S/C15H19NO3/c1-16(2)14(15(8-17)9-18-10-15)12-7-19-13-6-4-3-5-11(12)13/h3-7,14,17H,8-10H2,1-2H3. The Balaban J connectivity index is 2.10. The van der Waals surface area contributed by atoms with Crippen LogP contribution in [0.25, 0.3) is 11.0 Å². The number of rotatable bonds is 4. The molecule has 0 spiro atoms. The summed E-state index contributed by atoms with van der Waals surface area (Å²) in [6, 6.07) is 8.10. The van der Waals surface area contributed by atoms with Gasteiger partial charge in [-0.05, 0) is 20.2 Å². The van der Waals surface area contributed by atoms with Gasteiger partial charge in [0.05, 0.1) is 37.5 Å². The van der Waals surface area contributed by atoms with Gasteiger partial charge in [-0.2, -0.15) is 0 Å². The summed E-state index contributed by atoms with van der Waals surface area (Å²) in [6.07, 6.45) is 1.81. The first-order chi connectivity index (χ1) is 9.18. The molecule has 1 unspecified atom stereocenters. The van der Waals surface area contributed by atoms with Crippen molar-refractivity contribution in [1.82, 2.24) is 4.90 Å². The fraction of sp³-hybridized carbons (Fsp3) is 0.467. The van der Waals surface area contributed by atoms with E-state index in [4.69, 9.17) is 9.15 Å². The lowest BCUT2D eigenvalue weighted by Gasteiger charge is -2.48. The van der Waals surface area contributed by atoms with Gasteiger partial charge in [0, 0.05) is 10.9 Å². The first-order valence-corrected chi connectivity index (χ1v) is 6.49. The first kappa shape index (κ1) is 12.7. The van der Waals surface area contributed by atoms with Crippen molar-refractivity contribution in [1.29, 1.82) is 0 Å². The van der Waals surface area contributed by atoms with Gasteiger partial charge < -0.3 is 19.2 Å². The number of ether oxygens (including phenoxy) is 1. The van der Waals surface area contributed by atoms with Crippen LogP contribution in [-0.2, 0) is 4.74 Å². The molecule has 1 atom stereocenters. The average Bonchev–Trinajstić information content (AvgIpc) is 2.77. The van der Waals surface area contributed by atoms with Crippen LogP contribution in [0.4, 0.5) is 0 Å². The van der Waals surface area contributed by atoms with E-state index in [1.165, 1.54) is 0 Å². The fourth-order valence-corrected chi connectivity index (χ4v) is 3.07. The summed E-state index contributed by atoms with van der Waals surface area (Å²) in [6.45, 7) is 1.30. The molecule has 0 saturated carbocycles. The Morgan fingerprint density at radius 1 is 1.32 bits per heavy atom. The predicted molar refractivity (Wildman–Crippen MR) is 73.0 cm³/mol. The van der Waals surface area contributed by atoms with Crippen LogP contribution in [0.1, 0.15) is 11.6 Å². The zero-order valence-corrected chi connectivity index (χ0v) is 11.3. The molecule has 1 N–H and O–H groups in total. The molecular formula is C15H19NO3. The third-order valence-corrected chi connectivity index (χ3v) is 4.00. The molecule has 1 aromatic carbocycles. The Morgan fingerprint density at radius 2 is 2.05 bits per heavy atom. The monoisotopic (exact) mass is 261 g/mol. The maximum Gasteiger partial charge on any atom is 0.134 e. The number of benzene rings is 1. The topological polar surface area (TPSA) is 45.8 Å². The Bertz CT molecular complexity index is 566. The second-order valence-electron chi connectivity index (χ2n) is 5.57. The minimum Gasteiger partial charge on any atom is -0.464 e. The number of nitrogens with zero attached hydrogens (tertiary/aromatic N) is 1. The van der Waals surface area contributed by atoms with Crippen LogP contribution in [0.3, 0.4) is 0 Å². The van der Waals surface area contributed by atoms with Crippen molar-refractivity contribution in [3.63, 3.8) is 0 Å². The van der Waals surface area contributed by atoms with Crippen LogP contribution in [-0.4, -0.2) is 43.9 Å². The zero-order valence-electron chi connectivity index (χ0n) is 11.3. The third-order valence-electron chi connectivity index (χ3n) is 4.00. The van der Waals surface area contributed by atoms with E-state index < -0.39 is 0 Å². The quantitative estimate of drug-likeness (QED) is 0.915. The van der Waals surface area contributed by atoms with Crippen molar-refractivity contribution in [2.24, 2.45) is 5.41 Å². The summed E-state index contributed by atoms with van der Waals surface area (Å²) >= 11 is 0. The van der Waals surface area contributed by atoms with Crippen molar-refractivity contribution in [3.05, 3.63) is 36.1 Å². The summed E-state index contributed by atoms with van der Waals surface area (Å²) < 4.78 is 11.0. The van der Waals surface area contributed by atoms with Crippen LogP contribution >= 0.6 is 0 Å². The Morgan fingerprint density at radius 3 is 2.63 bits per heavy atom. The summed E-state index contributed by atoms with van der Waals surface area (Å²) in [5.41, 5.74) is 1.78. The van der Waals surface area contributed by atoms with Crippen LogP contribution in [0.5, 0.6) is 0 Å². The lowest BCUT2D eigenvalue weighted by molar-refractivity contribution is -0.172. The van der Waals surface area contributed by atoms with E-state index in [2.05, 4.69) is 11.0 Å². The highest BCUT2D eigenvalue weighted by Crippen LogP contribution is 2.45. The number of aliphatic hydroxyl groups is 1. The summed E-state index contributed by atoms with van der Waals surface area (Å²) in [4.78, 5) is 2.13. The van der Waals surface area contributed by atoms with Crippen LogP contribution < -0.4 is 0 Å². The van der Waals surface area contributed by atoms with E-state index in [1.54, 1.807) is 0 Å². The third kappa shape index (κ3) is 1.87. The highest BCUT2D eigenvalue weighted by atomic mass is 16.5. The molecule has 2 aromatic rings. The normalized spacial score (nSPS) is 19.6. The van der Waals surface area contributed by atoms with E-state index in [-0.39, 0.29) is 18.1 Å². The summed E-state index contributed by atoms with van der Waals surface area (Å²) in [5, 5.41) is 10.9. The van der Waals surface area contributed by atoms with E-state index in [1.807, 2.05) is 38.6 Å². The second kappa shape index (κ2) is 4.63. The fourth-order valence-electron chi connectivity index (χ4n) is 3.07. The minimum absolute atomic E-state index is 0.0925. The van der Waals surface area contributed by atoms with Gasteiger partial charge in [-0.1, -0.05) is 18.2 Å². The van der Waals surface area contributed by atoms with Crippen molar-refractivity contribution in [2.45, 2.75) is 6.04 Å². The molecule has 3 rings (SSSR count). The Hall–Kier alpha value is -1.36. The number of aliphatic hydroxyl groups excluding tert-OH is 1. The van der Waals surface area contributed by atoms with Gasteiger partial charge in [-0.3, -0.25) is 0 Å². The van der Waals surface area contributed by atoms with Crippen molar-refractivity contribution >= 4 is 11.0 Å². The highest BCUT2D eigenvalue weighted by molar-refractivity contribution is 5.81. The summed E-state index contributed by atoms with van der Waals surface area (Å²) in [5.74, 6) is 0. The molecule has 4 nitrogen and oxygen atoms in total.